The highest BCUT2D eigenvalue weighted by Crippen LogP contribution is 2.31. The fraction of sp³-hybridized carbons (Fsp3) is 0.250. The van der Waals surface area contributed by atoms with Crippen molar-refractivity contribution in [1.82, 2.24) is 25.7 Å². The Morgan fingerprint density at radius 1 is 1.20 bits per heavy atom. The molecule has 0 fully saturated rings. The molecule has 0 aliphatic heterocycles. The Balaban J connectivity index is 0.00000225. The number of hydrogen-bond donors (Lipinski definition) is 1. The highest BCUT2D eigenvalue weighted by Gasteiger charge is 2.13. The van der Waals surface area contributed by atoms with Gasteiger partial charge in [-0.05, 0) is 38.2 Å². The van der Waals surface area contributed by atoms with E-state index in [0.717, 1.165) is 9.92 Å². The van der Waals surface area contributed by atoms with Gasteiger partial charge in [0.05, 0.1) is 5.02 Å². The summed E-state index contributed by atoms with van der Waals surface area (Å²) in [7, 11) is 1.90. The summed E-state index contributed by atoms with van der Waals surface area (Å²) in [4.78, 5) is 5.28. The van der Waals surface area contributed by atoms with Crippen LogP contribution >= 0.6 is 35.8 Å². The minimum absolute atomic E-state index is 0. The second-order valence-corrected chi connectivity index (χ2v) is 6.67. The molecule has 0 aliphatic carbocycles. The smallest absolute Gasteiger partial charge is 0.278 e. The van der Waals surface area contributed by atoms with E-state index in [0.29, 0.717) is 28.9 Å². The standard InChI is InChI=1S/C16H16ClN5OS.ClH/c1-10(18-2)9-14-19-16(23-22-14)12-7-8-15(21-20-12)24-13-6-4-3-5-11(13)17;/h3-8,10,18H,9H2,1-2H3;1H. The largest absolute Gasteiger partial charge is 0.332 e. The van der Waals surface area contributed by atoms with Crippen LogP contribution in [0.5, 0.6) is 0 Å². The summed E-state index contributed by atoms with van der Waals surface area (Å²) >= 11 is 7.60. The molecule has 2 heterocycles. The highest BCUT2D eigenvalue weighted by molar-refractivity contribution is 7.99. The predicted molar refractivity (Wildman–Crippen MR) is 100 cm³/mol. The first-order chi connectivity index (χ1) is 11.7. The van der Waals surface area contributed by atoms with Gasteiger partial charge in [-0.1, -0.05) is 40.7 Å². The monoisotopic (exact) mass is 397 g/mol. The van der Waals surface area contributed by atoms with Gasteiger partial charge in [0, 0.05) is 17.4 Å². The fourth-order valence-corrected chi connectivity index (χ4v) is 2.95. The molecule has 3 rings (SSSR count). The van der Waals surface area contributed by atoms with Crippen LogP contribution in [0.1, 0.15) is 12.7 Å². The maximum atomic E-state index is 6.15. The van der Waals surface area contributed by atoms with E-state index in [-0.39, 0.29) is 18.4 Å². The second-order valence-electron chi connectivity index (χ2n) is 5.20. The lowest BCUT2D eigenvalue weighted by Crippen LogP contribution is -2.24. The average Bonchev–Trinajstić information content (AvgIpc) is 3.06. The van der Waals surface area contributed by atoms with Gasteiger partial charge in [-0.15, -0.1) is 22.6 Å². The van der Waals surface area contributed by atoms with Crippen LogP contribution in [0.2, 0.25) is 5.02 Å². The molecule has 1 atom stereocenters. The second kappa shape index (κ2) is 9.15. The van der Waals surface area contributed by atoms with Crippen LogP contribution in [-0.2, 0) is 6.42 Å². The van der Waals surface area contributed by atoms with Crippen molar-refractivity contribution in [1.29, 1.82) is 0 Å². The van der Waals surface area contributed by atoms with E-state index in [9.17, 15) is 0 Å². The van der Waals surface area contributed by atoms with Gasteiger partial charge in [0.2, 0.25) is 0 Å². The summed E-state index contributed by atoms with van der Waals surface area (Å²) in [6.45, 7) is 2.05. The van der Waals surface area contributed by atoms with Crippen LogP contribution < -0.4 is 5.32 Å². The van der Waals surface area contributed by atoms with E-state index >= 15 is 0 Å². The van der Waals surface area contributed by atoms with Crippen molar-refractivity contribution in [2.24, 2.45) is 0 Å². The molecule has 2 aromatic heterocycles. The number of nitrogens with zero attached hydrogens (tertiary/aromatic N) is 4. The first-order valence-corrected chi connectivity index (χ1v) is 8.61. The van der Waals surface area contributed by atoms with Crippen LogP contribution in [0.4, 0.5) is 0 Å². The molecule has 9 heteroatoms. The van der Waals surface area contributed by atoms with Gasteiger partial charge >= 0.3 is 0 Å². The molecule has 0 radical (unpaired) electrons. The van der Waals surface area contributed by atoms with E-state index < -0.39 is 0 Å². The Labute approximate surface area is 161 Å². The highest BCUT2D eigenvalue weighted by atomic mass is 35.5. The van der Waals surface area contributed by atoms with Gasteiger partial charge in [-0.2, -0.15) is 4.98 Å². The van der Waals surface area contributed by atoms with Crippen molar-refractivity contribution in [2.75, 3.05) is 7.05 Å². The molecule has 0 amide bonds. The zero-order valence-corrected chi connectivity index (χ0v) is 16.0. The average molecular weight is 398 g/mol. The SMILES string of the molecule is CNC(C)Cc1noc(-c2ccc(Sc3ccccc3Cl)nn2)n1.Cl. The maximum absolute atomic E-state index is 6.15. The lowest BCUT2D eigenvalue weighted by atomic mass is 10.2. The van der Waals surface area contributed by atoms with E-state index in [4.69, 9.17) is 16.1 Å². The zero-order chi connectivity index (χ0) is 16.9. The van der Waals surface area contributed by atoms with Crippen molar-refractivity contribution in [3.8, 4) is 11.6 Å². The van der Waals surface area contributed by atoms with Crippen molar-refractivity contribution in [2.45, 2.75) is 29.3 Å². The van der Waals surface area contributed by atoms with Crippen LogP contribution in [-0.4, -0.2) is 33.4 Å². The van der Waals surface area contributed by atoms with Crippen molar-refractivity contribution in [3.05, 3.63) is 47.2 Å². The molecule has 25 heavy (non-hydrogen) atoms. The van der Waals surface area contributed by atoms with Gasteiger partial charge in [0.25, 0.3) is 5.89 Å². The molecule has 1 N–H and O–H groups in total. The number of benzene rings is 1. The molecule has 1 aromatic carbocycles. The van der Waals surface area contributed by atoms with Gasteiger partial charge in [0.15, 0.2) is 11.5 Å². The lowest BCUT2D eigenvalue weighted by molar-refractivity contribution is 0.416. The fourth-order valence-electron chi connectivity index (χ4n) is 1.95. The van der Waals surface area contributed by atoms with E-state index in [1.54, 1.807) is 0 Å². The summed E-state index contributed by atoms with van der Waals surface area (Å²) < 4.78 is 5.25. The number of rotatable bonds is 6. The van der Waals surface area contributed by atoms with Gasteiger partial charge in [0.1, 0.15) is 5.03 Å². The molecule has 0 spiro atoms. The van der Waals surface area contributed by atoms with E-state index in [1.807, 2.05) is 43.4 Å². The number of aromatic nitrogens is 4. The third-order valence-corrected chi connectivity index (χ3v) is 4.80. The first-order valence-electron chi connectivity index (χ1n) is 7.42. The van der Waals surface area contributed by atoms with Crippen LogP contribution in [0.25, 0.3) is 11.6 Å². The molecular weight excluding hydrogens is 381 g/mol. The molecule has 6 nitrogen and oxygen atoms in total. The van der Waals surface area contributed by atoms with Crippen LogP contribution in [0, 0.1) is 0 Å². The summed E-state index contributed by atoms with van der Waals surface area (Å²) in [5.74, 6) is 1.01. The van der Waals surface area contributed by atoms with E-state index in [2.05, 4.69) is 32.6 Å². The van der Waals surface area contributed by atoms with Crippen molar-refractivity contribution >= 4 is 35.8 Å². The summed E-state index contributed by atoms with van der Waals surface area (Å²) in [5, 5.41) is 16.9. The van der Waals surface area contributed by atoms with Crippen LogP contribution in [0.3, 0.4) is 0 Å². The summed E-state index contributed by atoms with van der Waals surface area (Å²) in [6.07, 6.45) is 0.688. The Kier molecular flexibility index (Phi) is 7.19. The van der Waals surface area contributed by atoms with E-state index in [1.165, 1.54) is 11.8 Å². The molecule has 3 aromatic rings. The minimum Gasteiger partial charge on any atom is -0.332 e. The normalized spacial score (nSPS) is 11.8. The first kappa shape index (κ1) is 19.7. The molecule has 132 valence electrons. The minimum atomic E-state index is 0. The number of nitrogens with one attached hydrogen (secondary N) is 1. The molecule has 1 unspecified atom stereocenters. The van der Waals surface area contributed by atoms with Gasteiger partial charge in [-0.25, -0.2) is 0 Å². The third kappa shape index (κ3) is 5.15. The molecule has 0 saturated heterocycles. The number of hydrogen-bond acceptors (Lipinski definition) is 7. The van der Waals surface area contributed by atoms with Crippen molar-refractivity contribution < 1.29 is 4.52 Å². The Hall–Kier alpha value is -1.67. The summed E-state index contributed by atoms with van der Waals surface area (Å²) in [6, 6.07) is 11.6. The van der Waals surface area contributed by atoms with Crippen LogP contribution in [0.15, 0.2) is 50.8 Å². The molecule has 0 bridgehead atoms. The topological polar surface area (TPSA) is 76.7 Å². The number of likely N-dealkylation sites (N-methyl/N-ethyl adjacent to an activating group) is 1. The Morgan fingerprint density at radius 3 is 2.68 bits per heavy atom. The molecule has 0 saturated carbocycles. The Bertz CT molecular complexity index is 812. The van der Waals surface area contributed by atoms with Gasteiger partial charge in [-0.3, -0.25) is 0 Å². The quantitative estimate of drug-likeness (QED) is 0.675. The Morgan fingerprint density at radius 2 is 2.00 bits per heavy atom. The summed E-state index contributed by atoms with van der Waals surface area (Å²) in [5.41, 5.74) is 0.550. The third-order valence-electron chi connectivity index (χ3n) is 3.36. The zero-order valence-electron chi connectivity index (χ0n) is 13.6. The van der Waals surface area contributed by atoms with Gasteiger partial charge < -0.3 is 9.84 Å². The lowest BCUT2D eigenvalue weighted by Gasteiger charge is -2.04. The maximum Gasteiger partial charge on any atom is 0.278 e. The molecular formula is C16H17Cl2N5OS. The molecule has 0 aliphatic rings. The van der Waals surface area contributed by atoms with Crippen molar-refractivity contribution in [3.63, 3.8) is 0 Å². The number of halogens is 2. The predicted octanol–water partition coefficient (Wildman–Crippen LogP) is 3.90.